The van der Waals surface area contributed by atoms with Gasteiger partial charge in [0.1, 0.15) is 11.6 Å². The van der Waals surface area contributed by atoms with Gasteiger partial charge in [-0.05, 0) is 49.7 Å². The van der Waals surface area contributed by atoms with Gasteiger partial charge in [-0.1, -0.05) is 18.2 Å². The van der Waals surface area contributed by atoms with Crippen LogP contribution in [0.1, 0.15) is 35.8 Å². The third-order valence-electron chi connectivity index (χ3n) is 4.00. The van der Waals surface area contributed by atoms with Gasteiger partial charge in [-0.2, -0.15) is 0 Å². The SMILES string of the molecule is CCOC(=O)COc1cccc(C(=O)N(C)[C@H](C)c2ccc(F)cc2)c1. The predicted octanol–water partition coefficient (Wildman–Crippen LogP) is 3.60. The maximum absolute atomic E-state index is 13.1. The Morgan fingerprint density at radius 2 is 1.85 bits per heavy atom. The van der Waals surface area contributed by atoms with Gasteiger partial charge >= 0.3 is 5.97 Å². The second-order valence-corrected chi connectivity index (χ2v) is 5.77. The van der Waals surface area contributed by atoms with Gasteiger partial charge in [-0.15, -0.1) is 0 Å². The van der Waals surface area contributed by atoms with Crippen LogP contribution in [0.2, 0.25) is 0 Å². The van der Waals surface area contributed by atoms with E-state index in [1.54, 1.807) is 55.3 Å². The molecule has 0 saturated carbocycles. The third-order valence-corrected chi connectivity index (χ3v) is 4.00. The standard InChI is InChI=1S/C20H22FNO4/c1-4-25-19(23)13-26-18-7-5-6-16(12-18)20(24)22(3)14(2)15-8-10-17(21)11-9-15/h5-12,14H,4,13H2,1-3H3/t14-/m1/s1. The van der Waals surface area contributed by atoms with Crippen LogP contribution in [-0.4, -0.2) is 37.0 Å². The van der Waals surface area contributed by atoms with Crippen molar-refractivity contribution in [1.29, 1.82) is 0 Å². The van der Waals surface area contributed by atoms with E-state index in [4.69, 9.17) is 9.47 Å². The van der Waals surface area contributed by atoms with Crippen molar-refractivity contribution >= 4 is 11.9 Å². The van der Waals surface area contributed by atoms with Crippen molar-refractivity contribution in [3.63, 3.8) is 0 Å². The fourth-order valence-electron chi connectivity index (χ4n) is 2.41. The van der Waals surface area contributed by atoms with Gasteiger partial charge in [0.25, 0.3) is 5.91 Å². The highest BCUT2D eigenvalue weighted by Crippen LogP contribution is 2.22. The summed E-state index contributed by atoms with van der Waals surface area (Å²) in [7, 11) is 1.68. The summed E-state index contributed by atoms with van der Waals surface area (Å²) in [4.78, 5) is 25.7. The number of benzene rings is 2. The average Bonchev–Trinajstić information content (AvgIpc) is 2.65. The number of carbonyl (C=O) groups excluding carboxylic acids is 2. The summed E-state index contributed by atoms with van der Waals surface area (Å²) in [6.07, 6.45) is 0. The van der Waals surface area contributed by atoms with Crippen LogP contribution in [0, 0.1) is 5.82 Å². The molecule has 5 nitrogen and oxygen atoms in total. The van der Waals surface area contributed by atoms with E-state index in [1.165, 1.54) is 12.1 Å². The van der Waals surface area contributed by atoms with Gasteiger partial charge in [0.2, 0.25) is 0 Å². The van der Waals surface area contributed by atoms with Crippen molar-refractivity contribution in [2.75, 3.05) is 20.3 Å². The van der Waals surface area contributed by atoms with Crippen LogP contribution in [0.15, 0.2) is 48.5 Å². The first-order valence-electron chi connectivity index (χ1n) is 8.33. The molecule has 2 aromatic carbocycles. The highest BCUT2D eigenvalue weighted by molar-refractivity contribution is 5.94. The number of halogens is 1. The van der Waals surface area contributed by atoms with Crippen LogP contribution < -0.4 is 4.74 Å². The minimum Gasteiger partial charge on any atom is -0.482 e. The molecule has 26 heavy (non-hydrogen) atoms. The first kappa shape index (κ1) is 19.4. The molecule has 1 amide bonds. The smallest absolute Gasteiger partial charge is 0.344 e. The van der Waals surface area contributed by atoms with E-state index < -0.39 is 5.97 Å². The van der Waals surface area contributed by atoms with Gasteiger partial charge < -0.3 is 14.4 Å². The first-order valence-corrected chi connectivity index (χ1v) is 8.33. The first-order chi connectivity index (χ1) is 12.4. The van der Waals surface area contributed by atoms with Gasteiger partial charge in [0, 0.05) is 12.6 Å². The zero-order chi connectivity index (χ0) is 19.1. The second kappa shape index (κ2) is 8.99. The predicted molar refractivity (Wildman–Crippen MR) is 95.5 cm³/mol. The molecule has 2 aromatic rings. The van der Waals surface area contributed by atoms with Crippen LogP contribution in [0.25, 0.3) is 0 Å². The molecule has 0 spiro atoms. The van der Waals surface area contributed by atoms with E-state index in [1.807, 2.05) is 6.92 Å². The maximum Gasteiger partial charge on any atom is 0.344 e. The van der Waals surface area contributed by atoms with Gasteiger partial charge in [0.05, 0.1) is 12.6 Å². The van der Waals surface area contributed by atoms with Crippen molar-refractivity contribution in [3.05, 3.63) is 65.5 Å². The highest BCUT2D eigenvalue weighted by atomic mass is 19.1. The maximum atomic E-state index is 13.1. The Kier molecular flexibility index (Phi) is 6.72. The minimum atomic E-state index is -0.466. The number of esters is 1. The lowest BCUT2D eigenvalue weighted by atomic mass is 10.1. The molecule has 0 aliphatic rings. The van der Waals surface area contributed by atoms with Crippen molar-refractivity contribution in [1.82, 2.24) is 4.90 Å². The Hall–Kier alpha value is -2.89. The Morgan fingerprint density at radius 1 is 1.15 bits per heavy atom. The summed E-state index contributed by atoms with van der Waals surface area (Å²) in [5, 5.41) is 0. The summed E-state index contributed by atoms with van der Waals surface area (Å²) in [6.45, 7) is 3.65. The number of amides is 1. The zero-order valence-electron chi connectivity index (χ0n) is 15.1. The van der Waals surface area contributed by atoms with Crippen LogP contribution in [0.4, 0.5) is 4.39 Å². The van der Waals surface area contributed by atoms with Crippen LogP contribution >= 0.6 is 0 Å². The second-order valence-electron chi connectivity index (χ2n) is 5.77. The molecule has 0 heterocycles. The molecule has 1 atom stereocenters. The van der Waals surface area contributed by atoms with Crippen LogP contribution in [-0.2, 0) is 9.53 Å². The summed E-state index contributed by atoms with van der Waals surface area (Å²) in [5.74, 6) is -0.581. The molecule has 0 unspecified atom stereocenters. The number of nitrogens with zero attached hydrogens (tertiary/aromatic N) is 1. The zero-order valence-corrected chi connectivity index (χ0v) is 15.1. The number of hydrogen-bond acceptors (Lipinski definition) is 4. The minimum absolute atomic E-state index is 0.205. The molecule has 0 aliphatic carbocycles. The molecule has 0 aliphatic heterocycles. The number of ether oxygens (including phenoxy) is 2. The lowest BCUT2D eigenvalue weighted by Gasteiger charge is -2.25. The Bertz CT molecular complexity index is 761. The van der Waals surface area contributed by atoms with Crippen molar-refractivity contribution in [2.24, 2.45) is 0 Å². The number of hydrogen-bond donors (Lipinski definition) is 0. The molecule has 138 valence electrons. The summed E-state index contributed by atoms with van der Waals surface area (Å²) >= 11 is 0. The van der Waals surface area contributed by atoms with E-state index in [-0.39, 0.29) is 31.0 Å². The Morgan fingerprint density at radius 3 is 2.50 bits per heavy atom. The van der Waals surface area contributed by atoms with Crippen LogP contribution in [0.3, 0.4) is 0 Å². The molecule has 0 saturated heterocycles. The van der Waals surface area contributed by atoms with Gasteiger partial charge in [-0.25, -0.2) is 9.18 Å². The molecular formula is C20H22FNO4. The van der Waals surface area contributed by atoms with E-state index in [2.05, 4.69) is 0 Å². The average molecular weight is 359 g/mol. The molecule has 0 fully saturated rings. The molecular weight excluding hydrogens is 337 g/mol. The van der Waals surface area contributed by atoms with Crippen molar-refractivity contribution in [2.45, 2.75) is 19.9 Å². The molecule has 0 radical (unpaired) electrons. The molecule has 0 aromatic heterocycles. The Labute approximate surface area is 152 Å². The van der Waals surface area contributed by atoms with Crippen molar-refractivity contribution in [3.8, 4) is 5.75 Å². The number of rotatable bonds is 7. The van der Waals surface area contributed by atoms with E-state index in [0.29, 0.717) is 11.3 Å². The Balaban J connectivity index is 2.07. The quantitative estimate of drug-likeness (QED) is 0.709. The largest absolute Gasteiger partial charge is 0.482 e. The summed E-state index contributed by atoms with van der Waals surface area (Å²) in [5.41, 5.74) is 1.26. The summed E-state index contributed by atoms with van der Waals surface area (Å²) in [6, 6.07) is 12.4. The lowest BCUT2D eigenvalue weighted by molar-refractivity contribution is -0.145. The van der Waals surface area contributed by atoms with E-state index in [0.717, 1.165) is 5.56 Å². The fraction of sp³-hybridized carbons (Fsp3) is 0.300. The molecule has 0 bridgehead atoms. The number of carbonyl (C=O) groups is 2. The van der Waals surface area contributed by atoms with Crippen LogP contribution in [0.5, 0.6) is 5.75 Å². The van der Waals surface area contributed by atoms with Gasteiger partial charge in [-0.3, -0.25) is 4.79 Å². The normalized spacial score (nSPS) is 11.5. The van der Waals surface area contributed by atoms with E-state index in [9.17, 15) is 14.0 Å². The molecule has 0 N–H and O–H groups in total. The monoisotopic (exact) mass is 359 g/mol. The van der Waals surface area contributed by atoms with E-state index >= 15 is 0 Å². The third kappa shape index (κ3) is 5.05. The highest BCUT2D eigenvalue weighted by Gasteiger charge is 2.19. The topological polar surface area (TPSA) is 55.8 Å². The summed E-state index contributed by atoms with van der Waals surface area (Å²) < 4.78 is 23.2. The van der Waals surface area contributed by atoms with Gasteiger partial charge in [0.15, 0.2) is 6.61 Å². The molecule has 2 rings (SSSR count). The fourth-order valence-corrected chi connectivity index (χ4v) is 2.41. The lowest BCUT2D eigenvalue weighted by Crippen LogP contribution is -2.29. The van der Waals surface area contributed by atoms with Crippen molar-refractivity contribution < 1.29 is 23.5 Å². The molecule has 6 heteroatoms.